The van der Waals surface area contributed by atoms with Crippen molar-refractivity contribution in [1.82, 2.24) is 0 Å². The molecule has 0 aromatic carbocycles. The van der Waals surface area contributed by atoms with Crippen LogP contribution in [0.3, 0.4) is 0 Å². The van der Waals surface area contributed by atoms with E-state index in [1.54, 1.807) is 13.8 Å². The van der Waals surface area contributed by atoms with Gasteiger partial charge in [0.2, 0.25) is 0 Å². The monoisotopic (exact) mass is 258 g/mol. The summed E-state index contributed by atoms with van der Waals surface area (Å²) < 4.78 is 21.5. The lowest BCUT2D eigenvalue weighted by Gasteiger charge is -2.21. The molecule has 0 N–H and O–H groups in total. The molecule has 104 valence electrons. The zero-order chi connectivity index (χ0) is 13.8. The number of carbonyl (C=O) groups excluding carboxylic acids is 1. The van der Waals surface area contributed by atoms with Crippen molar-refractivity contribution in [2.24, 2.45) is 0 Å². The summed E-state index contributed by atoms with van der Waals surface area (Å²) >= 11 is 0. The third kappa shape index (κ3) is 3.88. The lowest BCUT2D eigenvalue weighted by atomic mass is 10.1. The van der Waals surface area contributed by atoms with Crippen LogP contribution in [0.1, 0.15) is 27.7 Å². The molecule has 1 saturated heterocycles. The highest BCUT2D eigenvalue weighted by molar-refractivity contribution is 5.99. The highest BCUT2D eigenvalue weighted by Crippen LogP contribution is 2.25. The van der Waals surface area contributed by atoms with Gasteiger partial charge in [0.25, 0.3) is 0 Å². The predicted molar refractivity (Wildman–Crippen MR) is 66.1 cm³/mol. The number of Topliss-reactive ketones (excluding diaryl/α,β-unsaturated/α-hetero) is 1. The molecule has 0 aromatic heterocycles. The number of carbonyl (C=O) groups is 1. The minimum Gasteiger partial charge on any atom is -0.349 e. The maximum Gasteiger partial charge on any atom is 0.194 e. The molecular formula is C13H22O5. The van der Waals surface area contributed by atoms with Gasteiger partial charge in [-0.05, 0) is 27.7 Å². The first-order valence-electron chi connectivity index (χ1n) is 6.19. The van der Waals surface area contributed by atoms with Crippen molar-refractivity contribution in [1.29, 1.82) is 0 Å². The second-order valence-corrected chi connectivity index (χ2v) is 4.45. The molecule has 1 aliphatic rings. The van der Waals surface area contributed by atoms with Crippen LogP contribution in [0, 0.1) is 0 Å². The SMILES string of the molecule is C=C(C(=O)C1COC(C)(C)O1)C(OCC)OCC. The van der Waals surface area contributed by atoms with Crippen molar-refractivity contribution in [3.05, 3.63) is 12.2 Å². The van der Waals surface area contributed by atoms with Gasteiger partial charge in [0.15, 0.2) is 17.9 Å². The fourth-order valence-electron chi connectivity index (χ4n) is 1.69. The second-order valence-electron chi connectivity index (χ2n) is 4.45. The number of rotatable bonds is 7. The van der Waals surface area contributed by atoms with Gasteiger partial charge in [0, 0.05) is 18.8 Å². The van der Waals surface area contributed by atoms with Crippen LogP contribution in [0.2, 0.25) is 0 Å². The molecule has 1 aliphatic heterocycles. The molecule has 0 aliphatic carbocycles. The third-order valence-electron chi connectivity index (χ3n) is 2.54. The van der Waals surface area contributed by atoms with Gasteiger partial charge >= 0.3 is 0 Å². The summed E-state index contributed by atoms with van der Waals surface area (Å²) in [5.41, 5.74) is 0.269. The Bertz CT molecular complexity index is 293. The smallest absolute Gasteiger partial charge is 0.194 e. The fraction of sp³-hybridized carbons (Fsp3) is 0.769. The molecule has 18 heavy (non-hydrogen) atoms. The van der Waals surface area contributed by atoms with E-state index >= 15 is 0 Å². The van der Waals surface area contributed by atoms with Gasteiger partial charge in [-0.2, -0.15) is 0 Å². The molecule has 0 saturated carbocycles. The molecule has 0 aromatic rings. The Kier molecular flexibility index (Phi) is 5.47. The Labute approximate surface area is 108 Å². The normalized spacial score (nSPS) is 22.4. The minimum absolute atomic E-state index is 0.229. The standard InChI is InChI=1S/C13H22O5/c1-6-15-12(16-7-2)9(3)11(14)10-8-17-13(4,5)18-10/h10,12H,3,6-8H2,1-2,4-5H3. The van der Waals surface area contributed by atoms with Crippen LogP contribution >= 0.6 is 0 Å². The van der Waals surface area contributed by atoms with E-state index < -0.39 is 18.2 Å². The maximum absolute atomic E-state index is 12.2. The molecule has 1 rings (SSSR count). The minimum atomic E-state index is -0.729. The van der Waals surface area contributed by atoms with E-state index in [2.05, 4.69) is 6.58 Å². The number of ether oxygens (including phenoxy) is 4. The lowest BCUT2D eigenvalue weighted by Crippen LogP contribution is -2.33. The summed E-state index contributed by atoms with van der Waals surface area (Å²) in [7, 11) is 0. The van der Waals surface area contributed by atoms with E-state index in [4.69, 9.17) is 18.9 Å². The van der Waals surface area contributed by atoms with E-state index in [-0.39, 0.29) is 18.0 Å². The average Bonchev–Trinajstić information content (AvgIpc) is 2.67. The highest BCUT2D eigenvalue weighted by Gasteiger charge is 2.39. The number of ketones is 1. The van der Waals surface area contributed by atoms with Crippen molar-refractivity contribution < 1.29 is 23.7 Å². The molecule has 1 heterocycles. The first kappa shape index (κ1) is 15.3. The second kappa shape index (κ2) is 6.43. The average molecular weight is 258 g/mol. The van der Waals surface area contributed by atoms with Crippen LogP contribution in [-0.4, -0.2) is 43.8 Å². The molecule has 1 unspecified atom stereocenters. The first-order chi connectivity index (χ1) is 8.41. The Morgan fingerprint density at radius 1 is 1.39 bits per heavy atom. The summed E-state index contributed by atoms with van der Waals surface area (Å²) in [5.74, 6) is -0.958. The van der Waals surface area contributed by atoms with Gasteiger partial charge in [-0.25, -0.2) is 0 Å². The summed E-state index contributed by atoms with van der Waals surface area (Å²) in [6.07, 6.45) is -1.34. The highest BCUT2D eigenvalue weighted by atomic mass is 16.7. The van der Waals surface area contributed by atoms with E-state index in [1.165, 1.54) is 0 Å². The van der Waals surface area contributed by atoms with Gasteiger partial charge in [-0.3, -0.25) is 4.79 Å². The Balaban J connectivity index is 2.62. The quantitative estimate of drug-likeness (QED) is 0.513. The molecule has 0 bridgehead atoms. The van der Waals surface area contributed by atoms with Gasteiger partial charge in [-0.1, -0.05) is 6.58 Å². The van der Waals surface area contributed by atoms with Gasteiger partial charge in [0.1, 0.15) is 6.10 Å². The predicted octanol–water partition coefficient (Wildman–Crippen LogP) is 1.66. The van der Waals surface area contributed by atoms with Gasteiger partial charge in [-0.15, -0.1) is 0 Å². The van der Waals surface area contributed by atoms with E-state index in [9.17, 15) is 4.79 Å². The van der Waals surface area contributed by atoms with Crippen LogP contribution in [-0.2, 0) is 23.7 Å². The van der Waals surface area contributed by atoms with Gasteiger partial charge < -0.3 is 18.9 Å². The Morgan fingerprint density at radius 2 is 1.94 bits per heavy atom. The zero-order valence-electron chi connectivity index (χ0n) is 11.5. The summed E-state index contributed by atoms with van der Waals surface area (Å²) in [4.78, 5) is 12.2. The van der Waals surface area contributed by atoms with Crippen LogP contribution in [0.15, 0.2) is 12.2 Å². The third-order valence-corrected chi connectivity index (χ3v) is 2.54. The van der Waals surface area contributed by atoms with Crippen LogP contribution in [0.4, 0.5) is 0 Å². The lowest BCUT2D eigenvalue weighted by molar-refractivity contribution is -0.155. The van der Waals surface area contributed by atoms with Crippen LogP contribution in [0.25, 0.3) is 0 Å². The molecular weight excluding hydrogens is 236 g/mol. The maximum atomic E-state index is 12.2. The first-order valence-corrected chi connectivity index (χ1v) is 6.19. The van der Waals surface area contributed by atoms with Crippen molar-refractivity contribution in [2.45, 2.75) is 45.9 Å². The number of hydrogen-bond acceptors (Lipinski definition) is 5. The molecule has 5 nitrogen and oxygen atoms in total. The molecule has 1 atom stereocenters. The largest absolute Gasteiger partial charge is 0.349 e. The Hall–Kier alpha value is -0.750. The summed E-state index contributed by atoms with van der Waals surface area (Å²) in [6.45, 7) is 12.1. The molecule has 5 heteroatoms. The van der Waals surface area contributed by atoms with E-state index in [0.717, 1.165) is 0 Å². The summed E-state index contributed by atoms with van der Waals surface area (Å²) in [6, 6.07) is 0. The Morgan fingerprint density at radius 3 is 2.33 bits per heavy atom. The van der Waals surface area contributed by atoms with E-state index in [1.807, 2.05) is 13.8 Å². The fourth-order valence-corrected chi connectivity index (χ4v) is 1.69. The molecule has 0 radical (unpaired) electrons. The van der Waals surface area contributed by atoms with Crippen molar-refractivity contribution in [3.63, 3.8) is 0 Å². The molecule has 1 fully saturated rings. The number of hydrogen-bond donors (Lipinski definition) is 0. The molecule has 0 spiro atoms. The summed E-state index contributed by atoms with van der Waals surface area (Å²) in [5, 5.41) is 0. The van der Waals surface area contributed by atoms with Crippen molar-refractivity contribution in [3.8, 4) is 0 Å². The molecule has 0 amide bonds. The van der Waals surface area contributed by atoms with Gasteiger partial charge in [0.05, 0.1) is 6.61 Å². The topological polar surface area (TPSA) is 54.0 Å². The van der Waals surface area contributed by atoms with Crippen molar-refractivity contribution >= 4 is 5.78 Å². The van der Waals surface area contributed by atoms with E-state index in [0.29, 0.717) is 13.2 Å². The van der Waals surface area contributed by atoms with Crippen LogP contribution in [0.5, 0.6) is 0 Å². The van der Waals surface area contributed by atoms with Crippen LogP contribution < -0.4 is 0 Å². The van der Waals surface area contributed by atoms with Crippen molar-refractivity contribution in [2.75, 3.05) is 19.8 Å². The zero-order valence-corrected chi connectivity index (χ0v) is 11.5.